The zero-order valence-electron chi connectivity index (χ0n) is 9.87. The molecule has 3 nitrogen and oxygen atoms in total. The van der Waals surface area contributed by atoms with Crippen molar-refractivity contribution < 1.29 is 0 Å². The monoisotopic (exact) mass is 291 g/mol. The summed E-state index contributed by atoms with van der Waals surface area (Å²) in [6.07, 6.45) is 0.897. The van der Waals surface area contributed by atoms with Gasteiger partial charge in [-0.15, -0.1) is 0 Å². The summed E-state index contributed by atoms with van der Waals surface area (Å²) in [4.78, 5) is 9.03. The third kappa shape index (κ3) is 2.64. The lowest BCUT2D eigenvalue weighted by Gasteiger charge is -2.07. The van der Waals surface area contributed by atoms with Crippen molar-refractivity contribution in [3.05, 3.63) is 40.5 Å². The molecule has 0 amide bonds. The van der Waals surface area contributed by atoms with E-state index in [1.54, 1.807) is 0 Å². The summed E-state index contributed by atoms with van der Waals surface area (Å²) in [5.74, 6) is 1.60. The highest BCUT2D eigenvalue weighted by molar-refractivity contribution is 9.10. The first-order valence-electron chi connectivity index (χ1n) is 5.55. The topological polar surface area (TPSA) is 37.8 Å². The average molecular weight is 292 g/mol. The maximum absolute atomic E-state index is 4.55. The highest BCUT2D eigenvalue weighted by Gasteiger charge is 2.08. The van der Waals surface area contributed by atoms with Gasteiger partial charge >= 0.3 is 0 Å². The van der Waals surface area contributed by atoms with Gasteiger partial charge in [0.25, 0.3) is 0 Å². The van der Waals surface area contributed by atoms with E-state index in [0.29, 0.717) is 0 Å². The van der Waals surface area contributed by atoms with Gasteiger partial charge in [-0.25, -0.2) is 9.97 Å². The Balaban J connectivity index is 2.55. The number of anilines is 1. The lowest BCUT2D eigenvalue weighted by atomic mass is 10.2. The number of benzene rings is 1. The summed E-state index contributed by atoms with van der Waals surface area (Å²) in [5.41, 5.74) is 2.05. The molecule has 1 aromatic carbocycles. The lowest BCUT2D eigenvalue weighted by Crippen LogP contribution is -2.00. The van der Waals surface area contributed by atoms with Gasteiger partial charge in [-0.05, 0) is 12.5 Å². The first-order chi connectivity index (χ1) is 8.24. The summed E-state index contributed by atoms with van der Waals surface area (Å²) in [6, 6.07) is 9.95. The van der Waals surface area contributed by atoms with E-state index in [1.807, 2.05) is 37.4 Å². The first-order valence-corrected chi connectivity index (χ1v) is 6.34. The standard InChI is InChI=1S/C13H14BrN3/c1-3-9-8-12(15-2)17-13(16-9)10-6-4-5-7-11(10)14/h4-8H,3H2,1-2H3,(H,15,16,17). The van der Waals surface area contributed by atoms with Crippen molar-refractivity contribution in [2.45, 2.75) is 13.3 Å². The Kier molecular flexibility index (Phi) is 3.74. The number of rotatable bonds is 3. The quantitative estimate of drug-likeness (QED) is 0.940. The molecule has 1 heterocycles. The number of hydrogen-bond donors (Lipinski definition) is 1. The molecule has 0 aliphatic rings. The van der Waals surface area contributed by atoms with Crippen LogP contribution in [-0.4, -0.2) is 17.0 Å². The third-order valence-electron chi connectivity index (χ3n) is 2.51. The van der Waals surface area contributed by atoms with Crippen molar-refractivity contribution in [2.75, 3.05) is 12.4 Å². The molecule has 17 heavy (non-hydrogen) atoms. The largest absolute Gasteiger partial charge is 0.373 e. The molecule has 0 atom stereocenters. The Hall–Kier alpha value is -1.42. The van der Waals surface area contributed by atoms with Crippen LogP contribution in [0.3, 0.4) is 0 Å². The van der Waals surface area contributed by atoms with Gasteiger partial charge in [-0.3, -0.25) is 0 Å². The van der Waals surface area contributed by atoms with Gasteiger partial charge in [0.2, 0.25) is 0 Å². The lowest BCUT2D eigenvalue weighted by molar-refractivity contribution is 1.00. The number of nitrogens with zero attached hydrogens (tertiary/aromatic N) is 2. The Morgan fingerprint density at radius 3 is 2.65 bits per heavy atom. The first kappa shape index (κ1) is 12.0. The van der Waals surface area contributed by atoms with Crippen LogP contribution in [0, 0.1) is 0 Å². The van der Waals surface area contributed by atoms with Crippen molar-refractivity contribution in [3.8, 4) is 11.4 Å². The minimum atomic E-state index is 0.751. The fourth-order valence-corrected chi connectivity index (χ4v) is 2.03. The van der Waals surface area contributed by atoms with Gasteiger partial charge in [-0.2, -0.15) is 0 Å². The van der Waals surface area contributed by atoms with Gasteiger partial charge in [-0.1, -0.05) is 41.1 Å². The average Bonchev–Trinajstić information content (AvgIpc) is 2.38. The van der Waals surface area contributed by atoms with Crippen LogP contribution in [0.5, 0.6) is 0 Å². The molecular formula is C13H14BrN3. The van der Waals surface area contributed by atoms with E-state index >= 15 is 0 Å². The van der Waals surface area contributed by atoms with Crippen LogP contribution in [0.15, 0.2) is 34.8 Å². The smallest absolute Gasteiger partial charge is 0.162 e. The van der Waals surface area contributed by atoms with Crippen molar-refractivity contribution in [1.29, 1.82) is 0 Å². The molecule has 0 radical (unpaired) electrons. The van der Waals surface area contributed by atoms with Gasteiger partial charge in [0.15, 0.2) is 5.82 Å². The zero-order valence-corrected chi connectivity index (χ0v) is 11.5. The molecule has 0 bridgehead atoms. The molecule has 0 aliphatic heterocycles. The van der Waals surface area contributed by atoms with Crippen LogP contribution < -0.4 is 5.32 Å². The van der Waals surface area contributed by atoms with Crippen molar-refractivity contribution in [3.63, 3.8) is 0 Å². The second-order valence-corrected chi connectivity index (χ2v) is 4.51. The van der Waals surface area contributed by atoms with E-state index in [1.165, 1.54) is 0 Å². The molecule has 4 heteroatoms. The zero-order chi connectivity index (χ0) is 12.3. The van der Waals surface area contributed by atoms with Crippen molar-refractivity contribution >= 4 is 21.7 Å². The fraction of sp³-hybridized carbons (Fsp3) is 0.231. The fourth-order valence-electron chi connectivity index (χ4n) is 1.57. The number of nitrogens with one attached hydrogen (secondary N) is 1. The van der Waals surface area contributed by atoms with Crippen LogP contribution in [0.25, 0.3) is 11.4 Å². The summed E-state index contributed by atoms with van der Waals surface area (Å²) in [5, 5.41) is 3.06. The maximum atomic E-state index is 4.55. The predicted molar refractivity (Wildman–Crippen MR) is 74.1 cm³/mol. The molecule has 0 fully saturated rings. The second kappa shape index (κ2) is 5.27. The molecule has 0 aliphatic carbocycles. The Morgan fingerprint density at radius 1 is 1.24 bits per heavy atom. The molecule has 0 saturated carbocycles. The number of hydrogen-bond acceptors (Lipinski definition) is 3. The Morgan fingerprint density at radius 2 is 2.00 bits per heavy atom. The van der Waals surface area contributed by atoms with E-state index in [2.05, 4.69) is 38.1 Å². The highest BCUT2D eigenvalue weighted by Crippen LogP contribution is 2.26. The minimum Gasteiger partial charge on any atom is -0.373 e. The SMILES string of the molecule is CCc1cc(NC)nc(-c2ccccc2Br)n1. The number of halogens is 1. The van der Waals surface area contributed by atoms with Gasteiger partial charge < -0.3 is 5.32 Å². The normalized spacial score (nSPS) is 10.3. The van der Waals surface area contributed by atoms with Crippen LogP contribution in [0.4, 0.5) is 5.82 Å². The molecule has 2 aromatic rings. The maximum Gasteiger partial charge on any atom is 0.162 e. The van der Waals surface area contributed by atoms with Crippen LogP contribution in [0.1, 0.15) is 12.6 Å². The molecular weight excluding hydrogens is 278 g/mol. The molecule has 0 spiro atoms. The van der Waals surface area contributed by atoms with E-state index in [9.17, 15) is 0 Å². The van der Waals surface area contributed by atoms with Crippen LogP contribution in [0.2, 0.25) is 0 Å². The van der Waals surface area contributed by atoms with E-state index in [4.69, 9.17) is 0 Å². The molecule has 88 valence electrons. The summed E-state index contributed by atoms with van der Waals surface area (Å²) < 4.78 is 1.01. The predicted octanol–water partition coefficient (Wildman–Crippen LogP) is 3.51. The van der Waals surface area contributed by atoms with E-state index in [0.717, 1.165) is 33.8 Å². The highest BCUT2D eigenvalue weighted by atomic mass is 79.9. The van der Waals surface area contributed by atoms with Gasteiger partial charge in [0.05, 0.1) is 0 Å². The molecule has 0 saturated heterocycles. The molecule has 2 rings (SSSR count). The van der Waals surface area contributed by atoms with E-state index < -0.39 is 0 Å². The molecule has 1 aromatic heterocycles. The van der Waals surface area contributed by atoms with Crippen LogP contribution in [-0.2, 0) is 6.42 Å². The van der Waals surface area contributed by atoms with Crippen molar-refractivity contribution in [1.82, 2.24) is 9.97 Å². The summed E-state index contributed by atoms with van der Waals surface area (Å²) in [6.45, 7) is 2.09. The Bertz CT molecular complexity index is 504. The minimum absolute atomic E-state index is 0.751. The number of aromatic nitrogens is 2. The summed E-state index contributed by atoms with van der Waals surface area (Å²) in [7, 11) is 1.87. The Labute approximate surface area is 109 Å². The molecule has 0 unspecified atom stereocenters. The second-order valence-electron chi connectivity index (χ2n) is 3.65. The van der Waals surface area contributed by atoms with Crippen LogP contribution >= 0.6 is 15.9 Å². The molecule has 1 N–H and O–H groups in total. The van der Waals surface area contributed by atoms with E-state index in [-0.39, 0.29) is 0 Å². The van der Waals surface area contributed by atoms with Crippen molar-refractivity contribution in [2.24, 2.45) is 0 Å². The third-order valence-corrected chi connectivity index (χ3v) is 3.20. The van der Waals surface area contributed by atoms with Gasteiger partial charge in [0.1, 0.15) is 5.82 Å². The summed E-state index contributed by atoms with van der Waals surface area (Å²) >= 11 is 3.53. The van der Waals surface area contributed by atoms with Gasteiger partial charge in [0, 0.05) is 28.8 Å². The number of aryl methyl sites for hydroxylation is 1.